The summed E-state index contributed by atoms with van der Waals surface area (Å²) < 4.78 is 0. The van der Waals surface area contributed by atoms with Gasteiger partial charge in [-0.05, 0) is 38.9 Å². The molecule has 5 nitrogen and oxygen atoms in total. The van der Waals surface area contributed by atoms with Gasteiger partial charge in [-0.1, -0.05) is 24.4 Å². The third-order valence-electron chi connectivity index (χ3n) is 4.15. The number of likely N-dealkylation sites (N-methyl/N-ethyl adjacent to an activating group) is 1. The molecule has 0 atom stereocenters. The SMILES string of the molecule is CCN(CCN1CCCCCC1)C(=O)c1cc(Cl)c[nH]c1=O. The van der Waals surface area contributed by atoms with Gasteiger partial charge >= 0.3 is 0 Å². The molecule has 2 heterocycles. The van der Waals surface area contributed by atoms with E-state index in [4.69, 9.17) is 11.6 Å². The number of likely N-dealkylation sites (tertiary alicyclic amines) is 1. The molecule has 1 aliphatic heterocycles. The molecular weight excluding hydrogens is 302 g/mol. The lowest BCUT2D eigenvalue weighted by molar-refractivity contribution is 0.0743. The Bertz CT molecular complexity index is 551. The molecule has 1 N–H and O–H groups in total. The molecule has 0 unspecified atom stereocenters. The van der Waals surface area contributed by atoms with Crippen LogP contribution in [-0.2, 0) is 0 Å². The fourth-order valence-corrected chi connectivity index (χ4v) is 2.98. The molecule has 1 aromatic heterocycles. The quantitative estimate of drug-likeness (QED) is 0.904. The number of H-pyrrole nitrogens is 1. The zero-order valence-electron chi connectivity index (χ0n) is 13.1. The molecule has 22 heavy (non-hydrogen) atoms. The van der Waals surface area contributed by atoms with Gasteiger partial charge < -0.3 is 14.8 Å². The molecule has 0 radical (unpaired) electrons. The second kappa shape index (κ2) is 8.34. The Kier molecular flexibility index (Phi) is 6.46. The first-order chi connectivity index (χ1) is 10.6. The topological polar surface area (TPSA) is 56.4 Å². The third kappa shape index (κ3) is 4.58. The van der Waals surface area contributed by atoms with Crippen molar-refractivity contribution in [2.75, 3.05) is 32.7 Å². The van der Waals surface area contributed by atoms with Crippen molar-refractivity contribution in [1.82, 2.24) is 14.8 Å². The lowest BCUT2D eigenvalue weighted by Crippen LogP contribution is -2.40. The van der Waals surface area contributed by atoms with E-state index in [1.165, 1.54) is 37.9 Å². The summed E-state index contributed by atoms with van der Waals surface area (Å²) >= 11 is 5.88. The van der Waals surface area contributed by atoms with Crippen molar-refractivity contribution in [3.8, 4) is 0 Å². The highest BCUT2D eigenvalue weighted by Crippen LogP contribution is 2.11. The summed E-state index contributed by atoms with van der Waals surface area (Å²) in [6, 6.07) is 1.44. The molecule has 0 saturated carbocycles. The highest BCUT2D eigenvalue weighted by atomic mass is 35.5. The Labute approximate surface area is 136 Å². The van der Waals surface area contributed by atoms with Crippen LogP contribution in [0.5, 0.6) is 0 Å². The molecule has 1 fully saturated rings. The van der Waals surface area contributed by atoms with Gasteiger partial charge in [0.05, 0.1) is 5.02 Å². The number of hydrogen-bond donors (Lipinski definition) is 1. The highest BCUT2D eigenvalue weighted by molar-refractivity contribution is 6.30. The predicted octanol–water partition coefficient (Wildman–Crippen LogP) is 2.37. The molecule has 1 aromatic rings. The van der Waals surface area contributed by atoms with Crippen LogP contribution in [0.3, 0.4) is 0 Å². The van der Waals surface area contributed by atoms with E-state index in [0.29, 0.717) is 18.1 Å². The summed E-state index contributed by atoms with van der Waals surface area (Å²) in [5, 5.41) is 0.367. The summed E-state index contributed by atoms with van der Waals surface area (Å²) in [4.78, 5) is 30.9. The van der Waals surface area contributed by atoms with E-state index < -0.39 is 0 Å². The second-order valence-electron chi connectivity index (χ2n) is 5.70. The Morgan fingerprint density at radius 3 is 2.64 bits per heavy atom. The van der Waals surface area contributed by atoms with E-state index in [1.807, 2.05) is 6.92 Å². The standard InChI is InChI=1S/C16H24ClN3O2/c1-2-20(10-9-19-7-5-3-4-6-8-19)16(22)14-11-13(17)12-18-15(14)21/h11-12H,2-10H2,1H3,(H,18,21). The number of nitrogens with one attached hydrogen (secondary N) is 1. The van der Waals surface area contributed by atoms with Crippen LogP contribution in [0.4, 0.5) is 0 Å². The lowest BCUT2D eigenvalue weighted by atomic mass is 10.2. The number of pyridine rings is 1. The van der Waals surface area contributed by atoms with Crippen LogP contribution in [0, 0.1) is 0 Å². The molecular formula is C16H24ClN3O2. The van der Waals surface area contributed by atoms with Crippen molar-refractivity contribution in [3.05, 3.63) is 33.2 Å². The number of carbonyl (C=O) groups is 1. The number of nitrogens with zero attached hydrogens (tertiary/aromatic N) is 2. The van der Waals surface area contributed by atoms with Gasteiger partial charge in [0, 0.05) is 25.8 Å². The van der Waals surface area contributed by atoms with Gasteiger partial charge in [0.15, 0.2) is 0 Å². The molecule has 0 bridgehead atoms. The van der Waals surface area contributed by atoms with Gasteiger partial charge in [-0.2, -0.15) is 0 Å². The van der Waals surface area contributed by atoms with E-state index >= 15 is 0 Å². The normalized spacial score (nSPS) is 16.3. The Morgan fingerprint density at radius 2 is 2.00 bits per heavy atom. The smallest absolute Gasteiger partial charge is 0.260 e. The number of hydrogen-bond acceptors (Lipinski definition) is 3. The molecule has 0 spiro atoms. The monoisotopic (exact) mass is 325 g/mol. The molecule has 2 rings (SSSR count). The number of halogens is 1. The second-order valence-corrected chi connectivity index (χ2v) is 6.14. The average Bonchev–Trinajstić information content (AvgIpc) is 2.79. The maximum Gasteiger partial charge on any atom is 0.260 e. The summed E-state index contributed by atoms with van der Waals surface area (Å²) in [5.74, 6) is -0.249. The average molecular weight is 326 g/mol. The van der Waals surface area contributed by atoms with Gasteiger partial charge in [-0.15, -0.1) is 0 Å². The third-order valence-corrected chi connectivity index (χ3v) is 4.37. The number of aromatic amines is 1. The Hall–Kier alpha value is -1.33. The first kappa shape index (κ1) is 17.0. The first-order valence-corrected chi connectivity index (χ1v) is 8.39. The van der Waals surface area contributed by atoms with Crippen LogP contribution in [0.2, 0.25) is 5.02 Å². The maximum atomic E-state index is 12.5. The molecule has 0 aromatic carbocycles. The van der Waals surface area contributed by atoms with E-state index in [9.17, 15) is 9.59 Å². The van der Waals surface area contributed by atoms with Crippen LogP contribution in [0.25, 0.3) is 0 Å². The van der Waals surface area contributed by atoms with Crippen LogP contribution >= 0.6 is 11.6 Å². The summed E-state index contributed by atoms with van der Waals surface area (Å²) in [7, 11) is 0. The first-order valence-electron chi connectivity index (χ1n) is 8.01. The van der Waals surface area contributed by atoms with Crippen LogP contribution in [-0.4, -0.2) is 53.4 Å². The number of rotatable bonds is 5. The van der Waals surface area contributed by atoms with E-state index in [2.05, 4.69) is 9.88 Å². The van der Waals surface area contributed by atoms with E-state index in [-0.39, 0.29) is 17.0 Å². The van der Waals surface area contributed by atoms with Crippen molar-refractivity contribution in [3.63, 3.8) is 0 Å². The van der Waals surface area contributed by atoms with Gasteiger partial charge in [0.2, 0.25) is 0 Å². The predicted molar refractivity (Wildman–Crippen MR) is 88.6 cm³/mol. The molecule has 1 amide bonds. The maximum absolute atomic E-state index is 12.5. The fourth-order valence-electron chi connectivity index (χ4n) is 2.81. The Balaban J connectivity index is 1.99. The van der Waals surface area contributed by atoms with Crippen molar-refractivity contribution in [2.24, 2.45) is 0 Å². The number of aromatic nitrogens is 1. The van der Waals surface area contributed by atoms with E-state index in [0.717, 1.165) is 19.6 Å². The molecule has 1 saturated heterocycles. The van der Waals surface area contributed by atoms with Crippen LogP contribution in [0.15, 0.2) is 17.1 Å². The highest BCUT2D eigenvalue weighted by Gasteiger charge is 2.19. The van der Waals surface area contributed by atoms with Crippen molar-refractivity contribution >= 4 is 17.5 Å². The van der Waals surface area contributed by atoms with Gasteiger partial charge in [0.1, 0.15) is 5.56 Å². The molecule has 122 valence electrons. The van der Waals surface area contributed by atoms with Crippen molar-refractivity contribution in [1.29, 1.82) is 0 Å². The molecule has 6 heteroatoms. The summed E-state index contributed by atoms with van der Waals surface area (Å²) in [5.41, 5.74) is -0.271. The lowest BCUT2D eigenvalue weighted by Gasteiger charge is -2.26. The van der Waals surface area contributed by atoms with Gasteiger partial charge in [-0.3, -0.25) is 9.59 Å². The minimum atomic E-state index is -0.386. The number of amides is 1. The van der Waals surface area contributed by atoms with Crippen molar-refractivity contribution < 1.29 is 4.79 Å². The minimum Gasteiger partial charge on any atom is -0.337 e. The Morgan fingerprint density at radius 1 is 1.32 bits per heavy atom. The zero-order valence-corrected chi connectivity index (χ0v) is 13.9. The summed E-state index contributed by atoms with van der Waals surface area (Å²) in [6.07, 6.45) is 6.45. The zero-order chi connectivity index (χ0) is 15.9. The van der Waals surface area contributed by atoms with Crippen molar-refractivity contribution in [2.45, 2.75) is 32.6 Å². The van der Waals surface area contributed by atoms with Crippen LogP contribution in [0.1, 0.15) is 43.0 Å². The van der Waals surface area contributed by atoms with Gasteiger partial charge in [0.25, 0.3) is 11.5 Å². The van der Waals surface area contributed by atoms with Crippen LogP contribution < -0.4 is 5.56 Å². The fraction of sp³-hybridized carbons (Fsp3) is 0.625. The largest absolute Gasteiger partial charge is 0.337 e. The number of carbonyl (C=O) groups excluding carboxylic acids is 1. The summed E-state index contributed by atoms with van der Waals surface area (Å²) in [6.45, 7) is 6.21. The molecule has 1 aliphatic rings. The minimum absolute atomic E-state index is 0.116. The molecule has 0 aliphatic carbocycles. The van der Waals surface area contributed by atoms with E-state index in [1.54, 1.807) is 4.90 Å². The van der Waals surface area contributed by atoms with Gasteiger partial charge in [-0.25, -0.2) is 0 Å².